The number of benzene rings is 2. The second kappa shape index (κ2) is 5.89. The van der Waals surface area contributed by atoms with Crippen LogP contribution >= 0.6 is 0 Å². The van der Waals surface area contributed by atoms with Gasteiger partial charge in [0.2, 0.25) is 0 Å². The molecule has 0 saturated carbocycles. The summed E-state index contributed by atoms with van der Waals surface area (Å²) >= 11 is 0. The fourth-order valence-electron chi connectivity index (χ4n) is 1.76. The van der Waals surface area contributed by atoms with Crippen molar-refractivity contribution >= 4 is 11.6 Å². The molecule has 2 aromatic rings. The van der Waals surface area contributed by atoms with E-state index >= 15 is 0 Å². The van der Waals surface area contributed by atoms with Crippen molar-refractivity contribution in [1.82, 2.24) is 0 Å². The highest BCUT2D eigenvalue weighted by Gasteiger charge is 2.10. The summed E-state index contributed by atoms with van der Waals surface area (Å²) in [6.07, 6.45) is 0. The van der Waals surface area contributed by atoms with E-state index in [0.717, 1.165) is 5.56 Å². The molecule has 0 spiro atoms. The molecule has 0 aliphatic carbocycles. The first-order valence-corrected chi connectivity index (χ1v) is 6.10. The molecule has 0 heterocycles. The van der Waals surface area contributed by atoms with Gasteiger partial charge < -0.3 is 10.1 Å². The summed E-state index contributed by atoms with van der Waals surface area (Å²) in [5.41, 5.74) is 2.69. The van der Waals surface area contributed by atoms with Crippen molar-refractivity contribution in [3.8, 4) is 11.8 Å². The highest BCUT2D eigenvalue weighted by molar-refractivity contribution is 6.05. The highest BCUT2D eigenvalue weighted by atomic mass is 16.5. The number of ether oxygens (including phenoxy) is 1. The fraction of sp³-hybridized carbons (Fsp3) is 0.125. The number of nitrogens with zero attached hydrogens (tertiary/aromatic N) is 1. The molecular weight excluding hydrogens is 252 g/mol. The quantitative estimate of drug-likeness (QED) is 0.928. The SMILES string of the molecule is COc1cc(C#N)ccc1NC(=O)c1ccc(C)cc1. The number of hydrogen-bond acceptors (Lipinski definition) is 3. The van der Waals surface area contributed by atoms with E-state index in [2.05, 4.69) is 5.32 Å². The zero-order chi connectivity index (χ0) is 14.5. The predicted molar refractivity (Wildman–Crippen MR) is 76.8 cm³/mol. The first-order chi connectivity index (χ1) is 9.63. The summed E-state index contributed by atoms with van der Waals surface area (Å²) < 4.78 is 5.18. The van der Waals surface area contributed by atoms with Crippen molar-refractivity contribution in [3.05, 3.63) is 59.2 Å². The molecule has 0 aromatic heterocycles. The molecule has 1 amide bonds. The molecule has 4 heteroatoms. The third-order valence-electron chi connectivity index (χ3n) is 2.89. The van der Waals surface area contributed by atoms with Gasteiger partial charge in [0.25, 0.3) is 5.91 Å². The van der Waals surface area contributed by atoms with Gasteiger partial charge in [-0.1, -0.05) is 17.7 Å². The van der Waals surface area contributed by atoms with Gasteiger partial charge in [0.15, 0.2) is 0 Å². The van der Waals surface area contributed by atoms with Crippen LogP contribution in [0.2, 0.25) is 0 Å². The van der Waals surface area contributed by atoms with E-state index in [-0.39, 0.29) is 5.91 Å². The Morgan fingerprint density at radius 2 is 1.90 bits per heavy atom. The topological polar surface area (TPSA) is 62.1 Å². The molecule has 0 atom stereocenters. The second-order valence-corrected chi connectivity index (χ2v) is 4.35. The van der Waals surface area contributed by atoms with Crippen LogP contribution in [0.3, 0.4) is 0 Å². The minimum atomic E-state index is -0.215. The monoisotopic (exact) mass is 266 g/mol. The first kappa shape index (κ1) is 13.6. The van der Waals surface area contributed by atoms with Crippen molar-refractivity contribution in [2.24, 2.45) is 0 Å². The lowest BCUT2D eigenvalue weighted by atomic mass is 10.1. The Balaban J connectivity index is 2.23. The maximum atomic E-state index is 12.1. The van der Waals surface area contributed by atoms with Crippen LogP contribution in [0, 0.1) is 18.3 Å². The Kier molecular flexibility index (Phi) is 4.02. The maximum Gasteiger partial charge on any atom is 0.255 e. The van der Waals surface area contributed by atoms with Gasteiger partial charge in [-0.05, 0) is 31.2 Å². The van der Waals surface area contributed by atoms with Crippen molar-refractivity contribution in [3.63, 3.8) is 0 Å². The molecule has 2 rings (SSSR count). The van der Waals surface area contributed by atoms with Crippen LogP contribution in [0.5, 0.6) is 5.75 Å². The van der Waals surface area contributed by atoms with E-state index in [1.165, 1.54) is 7.11 Å². The summed E-state index contributed by atoms with van der Waals surface area (Å²) in [6, 6.07) is 14.2. The zero-order valence-corrected chi connectivity index (χ0v) is 11.3. The average molecular weight is 266 g/mol. The predicted octanol–water partition coefficient (Wildman–Crippen LogP) is 3.13. The van der Waals surface area contributed by atoms with Gasteiger partial charge in [0, 0.05) is 11.6 Å². The third-order valence-corrected chi connectivity index (χ3v) is 2.89. The van der Waals surface area contributed by atoms with Crippen molar-refractivity contribution in [2.45, 2.75) is 6.92 Å². The molecular formula is C16H14N2O2. The molecule has 4 nitrogen and oxygen atoms in total. The molecule has 0 radical (unpaired) electrons. The van der Waals surface area contributed by atoms with E-state index in [9.17, 15) is 4.79 Å². The second-order valence-electron chi connectivity index (χ2n) is 4.35. The molecule has 20 heavy (non-hydrogen) atoms. The third kappa shape index (κ3) is 2.96. The Morgan fingerprint density at radius 1 is 1.20 bits per heavy atom. The Morgan fingerprint density at radius 3 is 2.50 bits per heavy atom. The molecule has 0 unspecified atom stereocenters. The van der Waals surface area contributed by atoms with Crippen LogP contribution in [0.25, 0.3) is 0 Å². The summed E-state index contributed by atoms with van der Waals surface area (Å²) in [7, 11) is 1.50. The van der Waals surface area contributed by atoms with Crippen LogP contribution in [-0.4, -0.2) is 13.0 Å². The summed E-state index contributed by atoms with van der Waals surface area (Å²) in [6.45, 7) is 1.96. The molecule has 2 aromatic carbocycles. The molecule has 0 fully saturated rings. The van der Waals surface area contributed by atoms with Crippen LogP contribution in [0.1, 0.15) is 21.5 Å². The summed E-state index contributed by atoms with van der Waals surface area (Å²) in [5.74, 6) is 0.248. The number of nitrogens with one attached hydrogen (secondary N) is 1. The van der Waals surface area contributed by atoms with Gasteiger partial charge in [-0.3, -0.25) is 4.79 Å². The van der Waals surface area contributed by atoms with E-state index in [1.807, 2.05) is 25.1 Å². The van der Waals surface area contributed by atoms with Crippen molar-refractivity contribution in [1.29, 1.82) is 5.26 Å². The van der Waals surface area contributed by atoms with Crippen LogP contribution in [0.4, 0.5) is 5.69 Å². The van der Waals surface area contributed by atoms with Gasteiger partial charge in [-0.2, -0.15) is 5.26 Å². The molecule has 0 aliphatic heterocycles. The zero-order valence-electron chi connectivity index (χ0n) is 11.3. The lowest BCUT2D eigenvalue weighted by molar-refractivity contribution is 0.102. The smallest absolute Gasteiger partial charge is 0.255 e. The van der Waals surface area contributed by atoms with Crippen molar-refractivity contribution in [2.75, 3.05) is 12.4 Å². The maximum absolute atomic E-state index is 12.1. The minimum absolute atomic E-state index is 0.215. The fourth-order valence-corrected chi connectivity index (χ4v) is 1.76. The number of carbonyl (C=O) groups is 1. The summed E-state index contributed by atoms with van der Waals surface area (Å²) in [4.78, 5) is 12.1. The Hall–Kier alpha value is -2.80. The lowest BCUT2D eigenvalue weighted by Gasteiger charge is -2.10. The number of rotatable bonds is 3. The van der Waals surface area contributed by atoms with E-state index in [1.54, 1.807) is 30.3 Å². The molecule has 100 valence electrons. The number of anilines is 1. The van der Waals surface area contributed by atoms with Gasteiger partial charge in [0.05, 0.1) is 24.4 Å². The van der Waals surface area contributed by atoms with Gasteiger partial charge in [-0.15, -0.1) is 0 Å². The molecule has 0 bridgehead atoms. The van der Waals surface area contributed by atoms with E-state index in [4.69, 9.17) is 10.00 Å². The average Bonchev–Trinajstić information content (AvgIpc) is 2.48. The molecule has 1 N–H and O–H groups in total. The van der Waals surface area contributed by atoms with E-state index in [0.29, 0.717) is 22.6 Å². The minimum Gasteiger partial charge on any atom is -0.495 e. The van der Waals surface area contributed by atoms with Gasteiger partial charge in [0.1, 0.15) is 5.75 Å². The number of carbonyl (C=O) groups excluding carboxylic acids is 1. The highest BCUT2D eigenvalue weighted by Crippen LogP contribution is 2.25. The Bertz CT molecular complexity index is 670. The van der Waals surface area contributed by atoms with Crippen LogP contribution in [0.15, 0.2) is 42.5 Å². The van der Waals surface area contributed by atoms with Gasteiger partial charge >= 0.3 is 0 Å². The first-order valence-electron chi connectivity index (χ1n) is 6.10. The number of methoxy groups -OCH3 is 1. The molecule has 0 aliphatic rings. The number of aryl methyl sites for hydroxylation is 1. The number of hydrogen-bond donors (Lipinski definition) is 1. The summed E-state index contributed by atoms with van der Waals surface area (Å²) in [5, 5.41) is 11.6. The molecule has 0 saturated heterocycles. The Labute approximate surface area is 117 Å². The normalized spacial score (nSPS) is 9.65. The van der Waals surface area contributed by atoms with E-state index < -0.39 is 0 Å². The van der Waals surface area contributed by atoms with Crippen molar-refractivity contribution < 1.29 is 9.53 Å². The lowest BCUT2D eigenvalue weighted by Crippen LogP contribution is -2.12. The number of amides is 1. The number of nitriles is 1. The van der Waals surface area contributed by atoms with Crippen LogP contribution in [-0.2, 0) is 0 Å². The van der Waals surface area contributed by atoms with Gasteiger partial charge in [-0.25, -0.2) is 0 Å². The largest absolute Gasteiger partial charge is 0.495 e. The standard InChI is InChI=1S/C16H14N2O2/c1-11-3-6-13(7-4-11)16(19)18-14-8-5-12(10-17)9-15(14)20-2/h3-9H,1-2H3,(H,18,19). The van der Waals surface area contributed by atoms with Crippen LogP contribution < -0.4 is 10.1 Å².